The Labute approximate surface area is 142 Å². The van der Waals surface area contributed by atoms with Crippen molar-refractivity contribution in [2.75, 3.05) is 0 Å². The number of nitrogens with one attached hydrogen (secondary N) is 1. The van der Waals surface area contributed by atoms with Crippen molar-refractivity contribution < 1.29 is 9.59 Å². The molecule has 0 aromatic heterocycles. The van der Waals surface area contributed by atoms with Crippen molar-refractivity contribution in [1.29, 1.82) is 0 Å². The van der Waals surface area contributed by atoms with Gasteiger partial charge in [-0.3, -0.25) is 9.59 Å². The molecule has 124 valence electrons. The average molecular weight is 322 g/mol. The number of benzene rings is 2. The number of amides is 2. The summed E-state index contributed by atoms with van der Waals surface area (Å²) >= 11 is 0. The molecule has 2 atom stereocenters. The first-order valence-electron chi connectivity index (χ1n) is 8.27. The Hall–Kier alpha value is -2.62. The lowest BCUT2D eigenvalue weighted by Gasteiger charge is -2.41. The second-order valence-corrected chi connectivity index (χ2v) is 6.49. The molecule has 4 heteroatoms. The van der Waals surface area contributed by atoms with Gasteiger partial charge in [0.2, 0.25) is 5.91 Å². The zero-order valence-electron chi connectivity index (χ0n) is 14.0. The molecule has 1 aliphatic rings. The van der Waals surface area contributed by atoms with Crippen LogP contribution in [0.5, 0.6) is 0 Å². The predicted molar refractivity (Wildman–Crippen MR) is 92.9 cm³/mol. The standard InChI is InChI=1S/C20H22N2O2/c1-14(2)18-19(23)21-17(16-11-7-4-8-12-16)20(24)22(18)13-15-9-5-3-6-10-15/h3-12,14,17-18H,13H2,1-2H3,(H,21,23). The molecular weight excluding hydrogens is 300 g/mol. The zero-order chi connectivity index (χ0) is 17.1. The van der Waals surface area contributed by atoms with Gasteiger partial charge in [0.25, 0.3) is 5.91 Å². The van der Waals surface area contributed by atoms with Gasteiger partial charge < -0.3 is 10.2 Å². The summed E-state index contributed by atoms with van der Waals surface area (Å²) in [6, 6.07) is 18.1. The van der Waals surface area contributed by atoms with Crippen LogP contribution in [-0.2, 0) is 16.1 Å². The van der Waals surface area contributed by atoms with Crippen LogP contribution in [0.1, 0.15) is 31.0 Å². The van der Waals surface area contributed by atoms with Gasteiger partial charge in [0.05, 0.1) is 0 Å². The van der Waals surface area contributed by atoms with Crippen LogP contribution in [0.15, 0.2) is 60.7 Å². The molecule has 3 rings (SSSR count). The Balaban J connectivity index is 1.93. The summed E-state index contributed by atoms with van der Waals surface area (Å²) < 4.78 is 0. The van der Waals surface area contributed by atoms with Crippen molar-refractivity contribution in [3.05, 3.63) is 71.8 Å². The molecule has 2 amide bonds. The van der Waals surface area contributed by atoms with E-state index in [1.807, 2.05) is 74.5 Å². The van der Waals surface area contributed by atoms with Gasteiger partial charge in [0, 0.05) is 6.54 Å². The smallest absolute Gasteiger partial charge is 0.250 e. The Kier molecular flexibility index (Phi) is 4.65. The lowest BCUT2D eigenvalue weighted by atomic mass is 9.93. The van der Waals surface area contributed by atoms with E-state index in [9.17, 15) is 9.59 Å². The third-order valence-electron chi connectivity index (χ3n) is 4.38. The van der Waals surface area contributed by atoms with Crippen molar-refractivity contribution in [3.8, 4) is 0 Å². The quantitative estimate of drug-likeness (QED) is 0.941. The molecule has 1 aliphatic heterocycles. The van der Waals surface area contributed by atoms with Crippen molar-refractivity contribution in [3.63, 3.8) is 0 Å². The van der Waals surface area contributed by atoms with Gasteiger partial charge in [-0.2, -0.15) is 0 Å². The number of hydrogen-bond acceptors (Lipinski definition) is 2. The maximum absolute atomic E-state index is 13.1. The van der Waals surface area contributed by atoms with E-state index in [1.54, 1.807) is 4.90 Å². The normalized spacial score (nSPS) is 21.0. The van der Waals surface area contributed by atoms with Gasteiger partial charge in [-0.05, 0) is 17.0 Å². The van der Waals surface area contributed by atoms with Gasteiger partial charge in [-0.1, -0.05) is 74.5 Å². The topological polar surface area (TPSA) is 49.4 Å². The predicted octanol–water partition coefficient (Wildman–Crippen LogP) is 2.91. The number of carbonyl (C=O) groups is 2. The van der Waals surface area contributed by atoms with Crippen LogP contribution in [0.3, 0.4) is 0 Å². The monoisotopic (exact) mass is 322 g/mol. The minimum atomic E-state index is -0.614. The number of hydrogen-bond donors (Lipinski definition) is 1. The Morgan fingerprint density at radius 1 is 0.958 bits per heavy atom. The van der Waals surface area contributed by atoms with Gasteiger partial charge in [-0.25, -0.2) is 0 Å². The Bertz CT molecular complexity index is 713. The van der Waals surface area contributed by atoms with Gasteiger partial charge >= 0.3 is 0 Å². The maximum atomic E-state index is 13.1. The highest BCUT2D eigenvalue weighted by Gasteiger charge is 2.42. The fraction of sp³-hybridized carbons (Fsp3) is 0.300. The lowest BCUT2D eigenvalue weighted by Crippen LogP contribution is -2.60. The fourth-order valence-electron chi connectivity index (χ4n) is 3.22. The Morgan fingerprint density at radius 3 is 2.12 bits per heavy atom. The van der Waals surface area contributed by atoms with E-state index in [1.165, 1.54) is 0 Å². The van der Waals surface area contributed by atoms with Gasteiger partial charge in [0.1, 0.15) is 12.1 Å². The molecular formula is C20H22N2O2. The van der Waals surface area contributed by atoms with Crippen LogP contribution in [0.25, 0.3) is 0 Å². The van der Waals surface area contributed by atoms with E-state index in [2.05, 4.69) is 5.32 Å². The van der Waals surface area contributed by atoms with Crippen molar-refractivity contribution in [1.82, 2.24) is 10.2 Å². The molecule has 2 aromatic carbocycles. The molecule has 0 radical (unpaired) electrons. The van der Waals surface area contributed by atoms with Gasteiger partial charge in [-0.15, -0.1) is 0 Å². The highest BCUT2D eigenvalue weighted by Crippen LogP contribution is 2.27. The first-order chi connectivity index (χ1) is 11.6. The van der Waals surface area contributed by atoms with E-state index >= 15 is 0 Å². The lowest BCUT2D eigenvalue weighted by molar-refractivity contribution is -0.152. The highest BCUT2D eigenvalue weighted by atomic mass is 16.2. The largest absolute Gasteiger partial charge is 0.339 e. The van der Waals surface area contributed by atoms with E-state index in [0.29, 0.717) is 6.54 Å². The summed E-state index contributed by atoms with van der Waals surface area (Å²) in [5.41, 5.74) is 1.84. The molecule has 1 heterocycles. The van der Waals surface area contributed by atoms with Crippen LogP contribution in [-0.4, -0.2) is 22.8 Å². The molecule has 0 saturated carbocycles. The van der Waals surface area contributed by atoms with Crippen molar-refractivity contribution in [2.24, 2.45) is 5.92 Å². The molecule has 2 aromatic rings. The highest BCUT2D eigenvalue weighted by molar-refractivity contribution is 5.97. The molecule has 0 spiro atoms. The summed E-state index contributed by atoms with van der Waals surface area (Å²) in [4.78, 5) is 27.5. The Morgan fingerprint density at radius 2 is 1.54 bits per heavy atom. The number of carbonyl (C=O) groups excluding carboxylic acids is 2. The molecule has 24 heavy (non-hydrogen) atoms. The molecule has 1 N–H and O–H groups in total. The third-order valence-corrected chi connectivity index (χ3v) is 4.38. The van der Waals surface area contributed by atoms with E-state index in [-0.39, 0.29) is 17.7 Å². The number of rotatable bonds is 4. The van der Waals surface area contributed by atoms with Crippen LogP contribution >= 0.6 is 0 Å². The number of piperazine rings is 1. The van der Waals surface area contributed by atoms with Crippen LogP contribution < -0.4 is 5.32 Å². The first kappa shape index (κ1) is 16.2. The van der Waals surface area contributed by atoms with E-state index < -0.39 is 12.1 Å². The minimum absolute atomic E-state index is 0.0504. The SMILES string of the molecule is CC(C)C1C(=O)NC(c2ccccc2)C(=O)N1Cc1ccccc1. The summed E-state index contributed by atoms with van der Waals surface area (Å²) in [6.07, 6.45) is 0. The molecule has 1 fully saturated rings. The minimum Gasteiger partial charge on any atom is -0.339 e. The third kappa shape index (κ3) is 3.18. The molecule has 1 saturated heterocycles. The molecule has 4 nitrogen and oxygen atoms in total. The zero-order valence-corrected chi connectivity index (χ0v) is 14.0. The van der Waals surface area contributed by atoms with Crippen molar-refractivity contribution >= 4 is 11.8 Å². The summed E-state index contributed by atoms with van der Waals surface area (Å²) in [5, 5.41) is 2.90. The van der Waals surface area contributed by atoms with Crippen molar-refractivity contribution in [2.45, 2.75) is 32.5 Å². The molecule has 0 bridgehead atoms. The summed E-state index contributed by atoms with van der Waals surface area (Å²) in [7, 11) is 0. The van der Waals surface area contributed by atoms with E-state index in [0.717, 1.165) is 11.1 Å². The first-order valence-corrected chi connectivity index (χ1v) is 8.27. The molecule has 2 unspecified atom stereocenters. The number of nitrogens with zero attached hydrogens (tertiary/aromatic N) is 1. The average Bonchev–Trinajstić information content (AvgIpc) is 2.59. The van der Waals surface area contributed by atoms with Crippen LogP contribution in [0.4, 0.5) is 0 Å². The van der Waals surface area contributed by atoms with Crippen LogP contribution in [0, 0.1) is 5.92 Å². The second kappa shape index (κ2) is 6.87. The van der Waals surface area contributed by atoms with Gasteiger partial charge in [0.15, 0.2) is 0 Å². The second-order valence-electron chi connectivity index (χ2n) is 6.49. The summed E-state index contributed by atoms with van der Waals surface area (Å²) in [5.74, 6) is -0.0906. The van der Waals surface area contributed by atoms with Crippen LogP contribution in [0.2, 0.25) is 0 Å². The summed E-state index contributed by atoms with van der Waals surface area (Å²) in [6.45, 7) is 4.38. The van der Waals surface area contributed by atoms with E-state index in [4.69, 9.17) is 0 Å². The maximum Gasteiger partial charge on any atom is 0.250 e. The molecule has 0 aliphatic carbocycles. The fourth-order valence-corrected chi connectivity index (χ4v) is 3.22.